The lowest BCUT2D eigenvalue weighted by molar-refractivity contribution is -0.0266. The minimum atomic E-state index is -0.129. The van der Waals surface area contributed by atoms with Crippen LogP contribution in [-0.4, -0.2) is 5.60 Å². The zero-order chi connectivity index (χ0) is 7.33. The Morgan fingerprint density at radius 3 is 2.33 bits per heavy atom. The van der Waals surface area contributed by atoms with Crippen LogP contribution in [-0.2, 0) is 4.84 Å². The summed E-state index contributed by atoms with van der Waals surface area (Å²) in [7, 11) is 0. The van der Waals surface area contributed by atoms with Crippen LogP contribution >= 0.6 is 0 Å². The van der Waals surface area contributed by atoms with Gasteiger partial charge in [-0.15, -0.1) is 0 Å². The minimum Gasteiger partial charge on any atom is -0.299 e. The van der Waals surface area contributed by atoms with Crippen molar-refractivity contribution >= 4 is 0 Å². The smallest absolute Gasteiger partial charge is 0.0838 e. The quantitative estimate of drug-likeness (QED) is 0.591. The van der Waals surface area contributed by atoms with Crippen LogP contribution in [0.3, 0.4) is 0 Å². The SMILES string of the molecule is CCCCC(C)(C)ON. The molecule has 0 heterocycles. The monoisotopic (exact) mass is 131 g/mol. The second-order valence-electron chi connectivity index (χ2n) is 2.98. The van der Waals surface area contributed by atoms with Gasteiger partial charge in [0.25, 0.3) is 0 Å². The Labute approximate surface area is 57.3 Å². The molecular weight excluding hydrogens is 114 g/mol. The van der Waals surface area contributed by atoms with E-state index in [1.165, 1.54) is 12.8 Å². The fraction of sp³-hybridized carbons (Fsp3) is 1.00. The molecule has 0 saturated carbocycles. The molecule has 0 aromatic carbocycles. The fourth-order valence-corrected chi connectivity index (χ4v) is 0.661. The Bertz CT molecular complexity index is 71.3. The van der Waals surface area contributed by atoms with E-state index in [1.54, 1.807) is 0 Å². The molecule has 0 rings (SSSR count). The number of unbranched alkanes of at least 4 members (excludes halogenated alkanes) is 1. The highest BCUT2D eigenvalue weighted by molar-refractivity contribution is 4.65. The van der Waals surface area contributed by atoms with E-state index in [0.29, 0.717) is 0 Å². The van der Waals surface area contributed by atoms with Gasteiger partial charge in [-0.1, -0.05) is 19.8 Å². The van der Waals surface area contributed by atoms with Gasteiger partial charge in [-0.2, -0.15) is 0 Å². The average molecular weight is 131 g/mol. The molecule has 0 fully saturated rings. The largest absolute Gasteiger partial charge is 0.299 e. The van der Waals surface area contributed by atoms with E-state index in [1.807, 2.05) is 13.8 Å². The Kier molecular flexibility index (Phi) is 3.82. The molecule has 0 radical (unpaired) electrons. The summed E-state index contributed by atoms with van der Waals surface area (Å²) in [6.45, 7) is 6.16. The van der Waals surface area contributed by atoms with Crippen molar-refractivity contribution in [2.45, 2.75) is 45.6 Å². The lowest BCUT2D eigenvalue weighted by atomic mass is 10.0. The predicted molar refractivity (Wildman–Crippen MR) is 38.9 cm³/mol. The van der Waals surface area contributed by atoms with Crippen LogP contribution in [0.4, 0.5) is 0 Å². The van der Waals surface area contributed by atoms with Gasteiger partial charge in [-0.25, -0.2) is 5.90 Å². The Hall–Kier alpha value is -0.0800. The van der Waals surface area contributed by atoms with Crippen molar-refractivity contribution in [2.75, 3.05) is 0 Å². The first kappa shape index (κ1) is 8.92. The van der Waals surface area contributed by atoms with Gasteiger partial charge in [-0.05, 0) is 20.3 Å². The molecule has 0 bridgehead atoms. The molecule has 2 heteroatoms. The second kappa shape index (κ2) is 3.85. The van der Waals surface area contributed by atoms with Crippen molar-refractivity contribution in [3.8, 4) is 0 Å². The summed E-state index contributed by atoms with van der Waals surface area (Å²) in [4.78, 5) is 4.74. The summed E-state index contributed by atoms with van der Waals surface area (Å²) < 4.78 is 0. The third kappa shape index (κ3) is 4.43. The van der Waals surface area contributed by atoms with Gasteiger partial charge < -0.3 is 0 Å². The first-order chi connectivity index (χ1) is 4.12. The van der Waals surface area contributed by atoms with Gasteiger partial charge in [0.15, 0.2) is 0 Å². The highest BCUT2D eigenvalue weighted by atomic mass is 16.6. The third-order valence-electron chi connectivity index (χ3n) is 1.45. The molecule has 0 aliphatic carbocycles. The Morgan fingerprint density at radius 2 is 2.00 bits per heavy atom. The van der Waals surface area contributed by atoms with Crippen molar-refractivity contribution in [1.82, 2.24) is 0 Å². The number of nitrogens with two attached hydrogens (primary N) is 1. The second-order valence-corrected chi connectivity index (χ2v) is 2.98. The zero-order valence-corrected chi connectivity index (χ0v) is 6.61. The molecule has 0 saturated heterocycles. The Balaban J connectivity index is 3.33. The van der Waals surface area contributed by atoms with Crippen LogP contribution in [0.1, 0.15) is 40.0 Å². The molecule has 56 valence electrons. The molecule has 9 heavy (non-hydrogen) atoms. The number of hydrogen-bond acceptors (Lipinski definition) is 2. The molecule has 0 atom stereocenters. The lowest BCUT2D eigenvalue weighted by Gasteiger charge is -2.20. The number of rotatable bonds is 4. The topological polar surface area (TPSA) is 35.2 Å². The van der Waals surface area contributed by atoms with Crippen molar-refractivity contribution in [1.29, 1.82) is 0 Å². The van der Waals surface area contributed by atoms with E-state index in [2.05, 4.69) is 6.92 Å². The molecule has 0 spiro atoms. The van der Waals surface area contributed by atoms with E-state index in [4.69, 9.17) is 10.7 Å². The van der Waals surface area contributed by atoms with E-state index in [9.17, 15) is 0 Å². The van der Waals surface area contributed by atoms with Crippen LogP contribution in [0.25, 0.3) is 0 Å². The van der Waals surface area contributed by atoms with Gasteiger partial charge in [0.05, 0.1) is 5.60 Å². The standard InChI is InChI=1S/C7H17NO/c1-4-5-6-7(2,3)9-8/h4-6,8H2,1-3H3. The average Bonchev–Trinajstić information content (AvgIpc) is 1.84. The first-order valence-electron chi connectivity index (χ1n) is 3.50. The van der Waals surface area contributed by atoms with Gasteiger partial charge in [0.1, 0.15) is 0 Å². The summed E-state index contributed by atoms with van der Waals surface area (Å²) in [6.07, 6.45) is 3.43. The molecular formula is C7H17NO. The van der Waals surface area contributed by atoms with E-state index in [0.717, 1.165) is 6.42 Å². The Morgan fingerprint density at radius 1 is 1.44 bits per heavy atom. The predicted octanol–water partition coefficient (Wildman–Crippen LogP) is 1.85. The van der Waals surface area contributed by atoms with Crippen molar-refractivity contribution in [3.05, 3.63) is 0 Å². The molecule has 0 aliphatic heterocycles. The van der Waals surface area contributed by atoms with Gasteiger partial charge in [0.2, 0.25) is 0 Å². The van der Waals surface area contributed by atoms with E-state index in [-0.39, 0.29) is 5.60 Å². The van der Waals surface area contributed by atoms with E-state index < -0.39 is 0 Å². The molecule has 2 nitrogen and oxygen atoms in total. The summed E-state index contributed by atoms with van der Waals surface area (Å²) in [5.41, 5.74) is -0.129. The van der Waals surface area contributed by atoms with Gasteiger partial charge in [-0.3, -0.25) is 4.84 Å². The lowest BCUT2D eigenvalue weighted by Crippen LogP contribution is -2.27. The summed E-state index contributed by atoms with van der Waals surface area (Å²) in [5.74, 6) is 5.05. The van der Waals surface area contributed by atoms with Crippen LogP contribution in [0.15, 0.2) is 0 Å². The van der Waals surface area contributed by atoms with Crippen LogP contribution in [0, 0.1) is 0 Å². The van der Waals surface area contributed by atoms with Crippen LogP contribution in [0.5, 0.6) is 0 Å². The number of hydrogen-bond donors (Lipinski definition) is 1. The van der Waals surface area contributed by atoms with Crippen molar-refractivity contribution in [3.63, 3.8) is 0 Å². The molecule has 0 aromatic rings. The molecule has 0 unspecified atom stereocenters. The van der Waals surface area contributed by atoms with E-state index >= 15 is 0 Å². The minimum absolute atomic E-state index is 0.129. The summed E-state index contributed by atoms with van der Waals surface area (Å²) in [5, 5.41) is 0. The van der Waals surface area contributed by atoms with Crippen molar-refractivity contribution in [2.24, 2.45) is 5.90 Å². The maximum atomic E-state index is 5.05. The first-order valence-corrected chi connectivity index (χ1v) is 3.50. The molecule has 0 aliphatic rings. The van der Waals surface area contributed by atoms with Crippen LogP contribution < -0.4 is 5.90 Å². The maximum absolute atomic E-state index is 5.05. The van der Waals surface area contributed by atoms with Gasteiger partial charge in [0, 0.05) is 0 Å². The summed E-state index contributed by atoms with van der Waals surface area (Å²) in [6, 6.07) is 0. The third-order valence-corrected chi connectivity index (χ3v) is 1.45. The summed E-state index contributed by atoms with van der Waals surface area (Å²) >= 11 is 0. The molecule has 0 aromatic heterocycles. The fourth-order valence-electron chi connectivity index (χ4n) is 0.661. The molecule has 2 N–H and O–H groups in total. The highest BCUT2D eigenvalue weighted by Gasteiger charge is 2.15. The molecule has 0 amide bonds. The normalized spacial score (nSPS) is 12.0. The van der Waals surface area contributed by atoms with Crippen LogP contribution in [0.2, 0.25) is 0 Å². The van der Waals surface area contributed by atoms with Gasteiger partial charge >= 0.3 is 0 Å². The maximum Gasteiger partial charge on any atom is 0.0838 e. The van der Waals surface area contributed by atoms with Crippen molar-refractivity contribution < 1.29 is 4.84 Å². The zero-order valence-electron chi connectivity index (χ0n) is 6.61. The highest BCUT2D eigenvalue weighted by Crippen LogP contribution is 2.14.